The molecule has 3 nitrogen and oxygen atoms in total. The molecule has 0 unspecified atom stereocenters. The minimum atomic E-state index is -0.383. The fourth-order valence-electron chi connectivity index (χ4n) is 2.13. The van der Waals surface area contributed by atoms with E-state index < -0.39 is 0 Å². The zero-order chi connectivity index (χ0) is 12.4. The van der Waals surface area contributed by atoms with Crippen LogP contribution in [0.3, 0.4) is 0 Å². The quantitative estimate of drug-likeness (QED) is 0.837. The molecule has 17 heavy (non-hydrogen) atoms. The van der Waals surface area contributed by atoms with Gasteiger partial charge in [0.1, 0.15) is 5.82 Å². The second-order valence-corrected chi connectivity index (χ2v) is 4.77. The van der Waals surface area contributed by atoms with Crippen molar-refractivity contribution in [3.8, 4) is 0 Å². The van der Waals surface area contributed by atoms with Gasteiger partial charge in [-0.2, -0.15) is 0 Å². The number of carbonyl (C=O) groups is 1. The van der Waals surface area contributed by atoms with Crippen LogP contribution in [0.1, 0.15) is 28.8 Å². The Hall–Kier alpha value is -1.42. The van der Waals surface area contributed by atoms with E-state index in [1.165, 1.54) is 12.1 Å². The summed E-state index contributed by atoms with van der Waals surface area (Å²) in [5.74, 6) is -0.114. The van der Waals surface area contributed by atoms with E-state index in [1.54, 1.807) is 13.0 Å². The highest BCUT2D eigenvalue weighted by Crippen LogP contribution is 2.24. The van der Waals surface area contributed by atoms with Crippen molar-refractivity contribution in [3.05, 3.63) is 35.1 Å². The largest absolute Gasteiger partial charge is 0.352 e. The molecule has 1 fully saturated rings. The second-order valence-electron chi connectivity index (χ2n) is 4.77. The monoisotopic (exact) mass is 236 g/mol. The molecule has 1 amide bonds. The van der Waals surface area contributed by atoms with E-state index in [4.69, 9.17) is 5.73 Å². The van der Waals surface area contributed by atoms with Gasteiger partial charge in [0.2, 0.25) is 0 Å². The lowest BCUT2D eigenvalue weighted by Gasteiger charge is -2.32. The molecule has 4 heteroatoms. The summed E-state index contributed by atoms with van der Waals surface area (Å²) in [6, 6.07) is 4.53. The molecule has 0 spiro atoms. The van der Waals surface area contributed by atoms with Gasteiger partial charge in [0.05, 0.1) is 0 Å². The molecule has 0 aliphatic heterocycles. The first-order chi connectivity index (χ1) is 8.06. The van der Waals surface area contributed by atoms with Crippen molar-refractivity contribution in [2.45, 2.75) is 25.8 Å². The smallest absolute Gasteiger partial charge is 0.251 e. The highest BCUT2D eigenvalue weighted by molar-refractivity contribution is 5.95. The predicted octanol–water partition coefficient (Wildman–Crippen LogP) is 1.60. The summed E-state index contributed by atoms with van der Waals surface area (Å²) in [7, 11) is 0. The molecule has 1 saturated carbocycles. The molecular formula is C13H17FN2O. The molecule has 0 heterocycles. The minimum Gasteiger partial charge on any atom is -0.352 e. The van der Waals surface area contributed by atoms with Crippen molar-refractivity contribution in [1.82, 2.24) is 5.32 Å². The molecule has 1 aliphatic rings. The zero-order valence-corrected chi connectivity index (χ0v) is 9.87. The number of benzene rings is 1. The van der Waals surface area contributed by atoms with Crippen LogP contribution >= 0.6 is 0 Å². The van der Waals surface area contributed by atoms with E-state index in [1.807, 2.05) is 0 Å². The molecule has 0 bridgehead atoms. The van der Waals surface area contributed by atoms with Crippen LogP contribution in [0.5, 0.6) is 0 Å². The molecule has 0 aromatic heterocycles. The lowest BCUT2D eigenvalue weighted by Crippen LogP contribution is -2.42. The third-order valence-electron chi connectivity index (χ3n) is 3.27. The van der Waals surface area contributed by atoms with E-state index in [0.29, 0.717) is 18.0 Å². The Bertz CT molecular complexity index is 427. The first-order valence-electron chi connectivity index (χ1n) is 5.86. The third-order valence-corrected chi connectivity index (χ3v) is 3.27. The van der Waals surface area contributed by atoms with Crippen LogP contribution in [-0.4, -0.2) is 18.5 Å². The number of halogens is 1. The molecule has 0 atom stereocenters. The molecular weight excluding hydrogens is 219 g/mol. The number of hydrogen-bond acceptors (Lipinski definition) is 2. The van der Waals surface area contributed by atoms with Crippen molar-refractivity contribution in [1.29, 1.82) is 0 Å². The summed E-state index contributed by atoms with van der Waals surface area (Å²) in [6.45, 7) is 2.43. The Morgan fingerprint density at radius 2 is 2.24 bits per heavy atom. The van der Waals surface area contributed by atoms with Gasteiger partial charge in [-0.1, -0.05) is 6.07 Å². The molecule has 92 valence electrons. The van der Waals surface area contributed by atoms with Gasteiger partial charge in [0.15, 0.2) is 0 Å². The van der Waals surface area contributed by atoms with Crippen LogP contribution in [0.2, 0.25) is 0 Å². The van der Waals surface area contributed by atoms with Gasteiger partial charge in [-0.15, -0.1) is 0 Å². The van der Waals surface area contributed by atoms with E-state index in [9.17, 15) is 9.18 Å². The van der Waals surface area contributed by atoms with Gasteiger partial charge in [-0.3, -0.25) is 4.79 Å². The van der Waals surface area contributed by atoms with Crippen LogP contribution in [-0.2, 0) is 0 Å². The third kappa shape index (κ3) is 2.82. The van der Waals surface area contributed by atoms with Crippen LogP contribution < -0.4 is 11.1 Å². The number of hydrogen-bond donors (Lipinski definition) is 2. The highest BCUT2D eigenvalue weighted by Gasteiger charge is 2.26. The van der Waals surface area contributed by atoms with Crippen molar-refractivity contribution in [2.24, 2.45) is 11.7 Å². The Morgan fingerprint density at radius 3 is 2.88 bits per heavy atom. The lowest BCUT2D eigenvalue weighted by molar-refractivity contribution is 0.0934. The van der Waals surface area contributed by atoms with E-state index in [0.717, 1.165) is 18.4 Å². The van der Waals surface area contributed by atoms with Crippen LogP contribution in [0.15, 0.2) is 18.2 Å². The summed E-state index contributed by atoms with van der Waals surface area (Å²) in [6.07, 6.45) is 1.92. The fraction of sp³-hybridized carbons (Fsp3) is 0.462. The number of rotatable bonds is 3. The van der Waals surface area contributed by atoms with E-state index >= 15 is 0 Å². The van der Waals surface area contributed by atoms with E-state index in [-0.39, 0.29) is 17.8 Å². The van der Waals surface area contributed by atoms with E-state index in [2.05, 4.69) is 5.32 Å². The first-order valence-corrected chi connectivity index (χ1v) is 5.86. The molecule has 1 aliphatic carbocycles. The summed E-state index contributed by atoms with van der Waals surface area (Å²) in [5, 5.41) is 2.83. The van der Waals surface area contributed by atoms with Crippen molar-refractivity contribution in [2.75, 3.05) is 6.54 Å². The van der Waals surface area contributed by atoms with Gasteiger partial charge in [-0.25, -0.2) is 4.39 Å². The fourth-order valence-corrected chi connectivity index (χ4v) is 2.13. The summed E-state index contributed by atoms with van der Waals surface area (Å²) >= 11 is 0. The van der Waals surface area contributed by atoms with Gasteiger partial charge < -0.3 is 11.1 Å². The van der Waals surface area contributed by atoms with Crippen LogP contribution in [0, 0.1) is 18.7 Å². The number of nitrogens with two attached hydrogens (primary N) is 1. The first kappa shape index (κ1) is 12.0. The Labute approximate surface area is 100 Å². The minimum absolute atomic E-state index is 0.206. The maximum atomic E-state index is 13.0. The number of carbonyl (C=O) groups excluding carboxylic acids is 1. The van der Waals surface area contributed by atoms with Gasteiger partial charge in [-0.05, 0) is 43.4 Å². The maximum absolute atomic E-state index is 13.0. The van der Waals surface area contributed by atoms with Crippen LogP contribution in [0.4, 0.5) is 4.39 Å². The maximum Gasteiger partial charge on any atom is 0.251 e. The molecule has 0 saturated heterocycles. The molecule has 1 aromatic rings. The average molecular weight is 236 g/mol. The molecule has 2 rings (SSSR count). The molecule has 3 N–H and O–H groups in total. The highest BCUT2D eigenvalue weighted by atomic mass is 19.1. The van der Waals surface area contributed by atoms with Crippen molar-refractivity contribution >= 4 is 5.91 Å². The van der Waals surface area contributed by atoms with Gasteiger partial charge >= 0.3 is 0 Å². The molecule has 0 radical (unpaired) electrons. The van der Waals surface area contributed by atoms with Crippen molar-refractivity contribution < 1.29 is 9.18 Å². The standard InChI is InChI=1S/C13H17FN2O/c1-8-2-3-10(14)6-12(8)13(17)16-7-9-4-11(15)5-9/h2-3,6,9,11H,4-5,7,15H2,1H3,(H,16,17). The average Bonchev–Trinajstić information content (AvgIpc) is 2.26. The molecule has 1 aromatic carbocycles. The number of nitrogens with one attached hydrogen (secondary N) is 1. The van der Waals surface area contributed by atoms with Gasteiger partial charge in [0, 0.05) is 18.2 Å². The van der Waals surface area contributed by atoms with Crippen LogP contribution in [0.25, 0.3) is 0 Å². The number of amides is 1. The predicted molar refractivity (Wildman–Crippen MR) is 64.2 cm³/mol. The Balaban J connectivity index is 1.92. The lowest BCUT2D eigenvalue weighted by atomic mass is 9.81. The Kier molecular flexibility index (Phi) is 3.43. The normalized spacial score (nSPS) is 23.0. The SMILES string of the molecule is Cc1ccc(F)cc1C(=O)NCC1CC(N)C1. The summed E-state index contributed by atoms with van der Waals surface area (Å²) in [5.41, 5.74) is 6.87. The van der Waals surface area contributed by atoms with Gasteiger partial charge in [0.25, 0.3) is 5.91 Å². The number of aryl methyl sites for hydroxylation is 1. The second kappa shape index (κ2) is 4.84. The zero-order valence-electron chi connectivity index (χ0n) is 9.87. The summed E-state index contributed by atoms with van der Waals surface area (Å²) in [4.78, 5) is 11.8. The van der Waals surface area contributed by atoms with Crippen molar-refractivity contribution in [3.63, 3.8) is 0 Å². The Morgan fingerprint density at radius 1 is 1.53 bits per heavy atom. The topological polar surface area (TPSA) is 55.1 Å². The summed E-state index contributed by atoms with van der Waals surface area (Å²) < 4.78 is 13.0.